The number of pyridine rings is 1. The van der Waals surface area contributed by atoms with Crippen molar-refractivity contribution in [1.82, 2.24) is 14.8 Å². The maximum Gasteiger partial charge on any atom is 0.259 e. The van der Waals surface area contributed by atoms with E-state index in [1.54, 1.807) is 39.7 Å². The summed E-state index contributed by atoms with van der Waals surface area (Å²) in [4.78, 5) is 21.4. The summed E-state index contributed by atoms with van der Waals surface area (Å²) in [7, 11) is 4.93. The van der Waals surface area contributed by atoms with Crippen molar-refractivity contribution < 1.29 is 23.7 Å². The average molecular weight is 415 g/mol. The standard InChI is InChI=1S/C22H29N3O5/c1-27-13-14-30-21-19(5-4-8-23-21)22(26)25-11-9-24(10-12-25)16-17-15-18(28-2)6-7-20(17)29-3/h4-8,15H,9-14,16H2,1-3H3. The van der Waals surface area contributed by atoms with Crippen LogP contribution >= 0.6 is 0 Å². The van der Waals surface area contributed by atoms with Gasteiger partial charge in [-0.2, -0.15) is 0 Å². The topological polar surface area (TPSA) is 73.4 Å². The second-order valence-corrected chi connectivity index (χ2v) is 6.94. The zero-order chi connectivity index (χ0) is 21.3. The van der Waals surface area contributed by atoms with E-state index in [0.717, 1.165) is 36.7 Å². The van der Waals surface area contributed by atoms with Gasteiger partial charge in [0.2, 0.25) is 5.88 Å². The predicted octanol–water partition coefficient (Wildman–Crippen LogP) is 2.08. The van der Waals surface area contributed by atoms with Crippen molar-refractivity contribution in [1.29, 1.82) is 0 Å². The maximum atomic E-state index is 13.0. The van der Waals surface area contributed by atoms with E-state index >= 15 is 0 Å². The van der Waals surface area contributed by atoms with Gasteiger partial charge in [0, 0.05) is 51.6 Å². The fourth-order valence-electron chi connectivity index (χ4n) is 3.42. The van der Waals surface area contributed by atoms with Crippen LogP contribution in [0, 0.1) is 0 Å². The van der Waals surface area contributed by atoms with Crippen LogP contribution in [0.3, 0.4) is 0 Å². The molecule has 2 heterocycles. The fourth-order valence-corrected chi connectivity index (χ4v) is 3.42. The third kappa shape index (κ3) is 5.40. The highest BCUT2D eigenvalue weighted by molar-refractivity contribution is 5.96. The number of hydrogen-bond donors (Lipinski definition) is 0. The summed E-state index contributed by atoms with van der Waals surface area (Å²) < 4.78 is 21.4. The van der Waals surface area contributed by atoms with Crippen molar-refractivity contribution in [3.63, 3.8) is 0 Å². The minimum atomic E-state index is -0.0610. The highest BCUT2D eigenvalue weighted by atomic mass is 16.5. The molecule has 1 amide bonds. The summed E-state index contributed by atoms with van der Waals surface area (Å²) in [6.45, 7) is 4.34. The Morgan fingerprint density at radius 1 is 1.03 bits per heavy atom. The largest absolute Gasteiger partial charge is 0.497 e. The zero-order valence-corrected chi connectivity index (χ0v) is 17.8. The molecule has 1 fully saturated rings. The van der Waals surface area contributed by atoms with Gasteiger partial charge in [0.25, 0.3) is 5.91 Å². The minimum Gasteiger partial charge on any atom is -0.497 e. The number of rotatable bonds is 9. The van der Waals surface area contributed by atoms with Crippen molar-refractivity contribution >= 4 is 5.91 Å². The molecule has 0 unspecified atom stereocenters. The lowest BCUT2D eigenvalue weighted by Gasteiger charge is -2.35. The summed E-state index contributed by atoms with van der Waals surface area (Å²) in [5, 5.41) is 0. The lowest BCUT2D eigenvalue weighted by atomic mass is 10.1. The van der Waals surface area contributed by atoms with E-state index in [0.29, 0.717) is 37.7 Å². The number of carbonyl (C=O) groups excluding carboxylic acids is 1. The van der Waals surface area contributed by atoms with Gasteiger partial charge < -0.3 is 23.8 Å². The number of amides is 1. The molecule has 162 valence electrons. The highest BCUT2D eigenvalue weighted by Gasteiger charge is 2.25. The van der Waals surface area contributed by atoms with Crippen molar-refractivity contribution in [2.45, 2.75) is 6.54 Å². The lowest BCUT2D eigenvalue weighted by molar-refractivity contribution is 0.0620. The summed E-state index contributed by atoms with van der Waals surface area (Å²) in [6.07, 6.45) is 1.62. The number of ether oxygens (including phenoxy) is 4. The molecule has 0 spiro atoms. The molecule has 1 aliphatic heterocycles. The van der Waals surface area contributed by atoms with E-state index in [1.165, 1.54) is 0 Å². The van der Waals surface area contributed by atoms with Gasteiger partial charge in [-0.15, -0.1) is 0 Å². The first-order valence-corrected chi connectivity index (χ1v) is 9.95. The molecule has 1 aromatic carbocycles. The molecule has 1 aliphatic rings. The zero-order valence-electron chi connectivity index (χ0n) is 17.8. The molecule has 0 bridgehead atoms. The van der Waals surface area contributed by atoms with Gasteiger partial charge in [0.1, 0.15) is 23.7 Å². The third-order valence-electron chi connectivity index (χ3n) is 5.07. The van der Waals surface area contributed by atoms with Crippen LogP contribution < -0.4 is 14.2 Å². The van der Waals surface area contributed by atoms with Crippen LogP contribution in [-0.4, -0.2) is 81.4 Å². The first-order valence-electron chi connectivity index (χ1n) is 9.95. The Kier molecular flexibility index (Phi) is 7.87. The van der Waals surface area contributed by atoms with Crippen LogP contribution in [0.25, 0.3) is 0 Å². The fraction of sp³-hybridized carbons (Fsp3) is 0.455. The van der Waals surface area contributed by atoms with E-state index in [9.17, 15) is 4.79 Å². The van der Waals surface area contributed by atoms with E-state index in [1.807, 2.05) is 23.1 Å². The molecular weight excluding hydrogens is 386 g/mol. The Morgan fingerprint density at radius 2 is 1.83 bits per heavy atom. The molecule has 2 aromatic rings. The molecule has 3 rings (SSSR count). The van der Waals surface area contributed by atoms with E-state index in [4.69, 9.17) is 18.9 Å². The molecule has 0 saturated carbocycles. The molecule has 0 N–H and O–H groups in total. The molecule has 0 atom stereocenters. The molecule has 30 heavy (non-hydrogen) atoms. The van der Waals surface area contributed by atoms with Crippen LogP contribution in [0.15, 0.2) is 36.5 Å². The third-order valence-corrected chi connectivity index (χ3v) is 5.07. The van der Waals surface area contributed by atoms with Crippen LogP contribution in [0.4, 0.5) is 0 Å². The summed E-state index contributed by atoms with van der Waals surface area (Å²) in [6, 6.07) is 9.31. The number of piperazine rings is 1. The first kappa shape index (κ1) is 21.9. The smallest absolute Gasteiger partial charge is 0.259 e. The molecule has 1 aromatic heterocycles. The SMILES string of the molecule is COCCOc1ncccc1C(=O)N1CCN(Cc2cc(OC)ccc2OC)CC1. The quantitative estimate of drug-likeness (QED) is 0.581. The van der Waals surface area contributed by atoms with Gasteiger partial charge in [-0.1, -0.05) is 0 Å². The first-order chi connectivity index (χ1) is 14.7. The van der Waals surface area contributed by atoms with Crippen LogP contribution in [0.5, 0.6) is 17.4 Å². The van der Waals surface area contributed by atoms with E-state index in [-0.39, 0.29) is 5.91 Å². The molecule has 0 radical (unpaired) electrons. The van der Waals surface area contributed by atoms with Gasteiger partial charge >= 0.3 is 0 Å². The summed E-state index contributed by atoms with van der Waals surface area (Å²) >= 11 is 0. The van der Waals surface area contributed by atoms with E-state index < -0.39 is 0 Å². The molecular formula is C22H29N3O5. The Balaban J connectivity index is 1.60. The van der Waals surface area contributed by atoms with Crippen LogP contribution in [0.1, 0.15) is 15.9 Å². The van der Waals surface area contributed by atoms with Crippen LogP contribution in [0.2, 0.25) is 0 Å². The van der Waals surface area contributed by atoms with Gasteiger partial charge in [-0.05, 0) is 30.3 Å². The van der Waals surface area contributed by atoms with Crippen molar-refractivity contribution in [2.24, 2.45) is 0 Å². The summed E-state index contributed by atoms with van der Waals surface area (Å²) in [5.41, 5.74) is 1.55. The second kappa shape index (κ2) is 10.8. The Morgan fingerprint density at radius 3 is 2.53 bits per heavy atom. The summed E-state index contributed by atoms with van der Waals surface area (Å²) in [5.74, 6) is 1.93. The molecule has 1 saturated heterocycles. The minimum absolute atomic E-state index is 0.0610. The van der Waals surface area contributed by atoms with Gasteiger partial charge in [-0.3, -0.25) is 9.69 Å². The van der Waals surface area contributed by atoms with Crippen molar-refractivity contribution in [2.75, 3.05) is 60.7 Å². The Hall–Kier alpha value is -2.84. The van der Waals surface area contributed by atoms with Crippen molar-refractivity contribution in [3.8, 4) is 17.4 Å². The molecule has 0 aliphatic carbocycles. The lowest BCUT2D eigenvalue weighted by Crippen LogP contribution is -2.48. The monoisotopic (exact) mass is 415 g/mol. The average Bonchev–Trinajstić information content (AvgIpc) is 2.79. The normalized spacial score (nSPS) is 14.4. The molecule has 8 nitrogen and oxygen atoms in total. The van der Waals surface area contributed by atoms with Crippen LogP contribution in [-0.2, 0) is 11.3 Å². The Labute approximate surface area is 177 Å². The van der Waals surface area contributed by atoms with Gasteiger partial charge in [0.15, 0.2) is 0 Å². The number of nitrogens with zero attached hydrogens (tertiary/aromatic N) is 3. The van der Waals surface area contributed by atoms with Gasteiger partial charge in [-0.25, -0.2) is 4.98 Å². The van der Waals surface area contributed by atoms with E-state index in [2.05, 4.69) is 9.88 Å². The number of carbonyl (C=O) groups is 1. The molecule has 8 heteroatoms. The maximum absolute atomic E-state index is 13.0. The Bertz CT molecular complexity index is 837. The number of methoxy groups -OCH3 is 3. The number of aromatic nitrogens is 1. The van der Waals surface area contributed by atoms with Gasteiger partial charge in [0.05, 0.1) is 20.8 Å². The number of hydrogen-bond acceptors (Lipinski definition) is 7. The number of benzene rings is 1. The van der Waals surface area contributed by atoms with Crippen molar-refractivity contribution in [3.05, 3.63) is 47.7 Å². The highest BCUT2D eigenvalue weighted by Crippen LogP contribution is 2.26. The predicted molar refractivity (Wildman–Crippen MR) is 112 cm³/mol. The second-order valence-electron chi connectivity index (χ2n) is 6.94.